The molecule has 2 saturated heterocycles. The summed E-state index contributed by atoms with van der Waals surface area (Å²) in [6.45, 7) is 11.2. The van der Waals surface area contributed by atoms with E-state index in [4.69, 9.17) is 9.47 Å². The van der Waals surface area contributed by atoms with Gasteiger partial charge in [-0.1, -0.05) is 80.9 Å². The quantitative estimate of drug-likeness (QED) is 0.137. The fourth-order valence-corrected chi connectivity index (χ4v) is 7.34. The highest BCUT2D eigenvalue weighted by atomic mass is 16.6. The Balaban J connectivity index is 0.000000290. The number of nitrogens with zero attached hydrogens (tertiary/aromatic N) is 2. The molecule has 1 aliphatic carbocycles. The van der Waals surface area contributed by atoms with Crippen molar-refractivity contribution in [3.63, 3.8) is 0 Å². The van der Waals surface area contributed by atoms with Gasteiger partial charge in [-0.25, -0.2) is 19.2 Å². The smallest absolute Gasteiger partial charge is 0.419 e. The van der Waals surface area contributed by atoms with Crippen LogP contribution in [0, 0.1) is 5.92 Å². The fourth-order valence-electron chi connectivity index (χ4n) is 7.34. The number of hydrogen-bond acceptors (Lipinski definition) is 10. The summed E-state index contributed by atoms with van der Waals surface area (Å²) in [6.07, 6.45) is 4.71. The standard InChI is InChI=1S/C23H32N2O5.C16H19NO5.C2H6/c1-3-30-23(29)18(13-12-16-8-5-4-6-9-16)24-15(2)21(26)25-19-11-7-10-17(19)14-20(25)22(27)28;1-3-21-15(19)13(10-9-12-7-5-4-6-8-12)17-11(2)14(18)22-16(17)20;1-2/h4-6,8-9,15,17-20,24H,3,7,10-14H2,1-2H3,(H,27,28);4-8,11,13H,3,9-10H2,1-2H3;1-2H3/t15?,17-,18?,19-,20?;;/m0../s1. The third kappa shape index (κ3) is 11.6. The van der Waals surface area contributed by atoms with Crippen molar-refractivity contribution >= 4 is 35.9 Å². The lowest BCUT2D eigenvalue weighted by Gasteiger charge is -2.31. The molecule has 2 heterocycles. The zero-order valence-electron chi connectivity index (χ0n) is 32.4. The van der Waals surface area contributed by atoms with Crippen molar-refractivity contribution in [2.24, 2.45) is 5.92 Å². The van der Waals surface area contributed by atoms with Gasteiger partial charge in [0.15, 0.2) is 0 Å². The first kappa shape index (κ1) is 43.6. The average molecular weight is 752 g/mol. The van der Waals surface area contributed by atoms with Crippen LogP contribution in [0.5, 0.6) is 0 Å². The molecule has 0 aromatic heterocycles. The highest BCUT2D eigenvalue weighted by Crippen LogP contribution is 2.41. The third-order valence-electron chi connectivity index (χ3n) is 9.94. The molecule has 0 radical (unpaired) electrons. The van der Waals surface area contributed by atoms with Crippen LogP contribution in [0.15, 0.2) is 60.7 Å². The summed E-state index contributed by atoms with van der Waals surface area (Å²) in [6, 6.07) is 15.8. The largest absolute Gasteiger partial charge is 0.480 e. The number of carboxylic acids is 1. The first-order valence-corrected chi connectivity index (χ1v) is 19.2. The highest BCUT2D eigenvalue weighted by Gasteiger charge is 2.50. The van der Waals surface area contributed by atoms with E-state index in [9.17, 15) is 33.9 Å². The van der Waals surface area contributed by atoms with Gasteiger partial charge >= 0.3 is 30.0 Å². The van der Waals surface area contributed by atoms with Gasteiger partial charge in [0.2, 0.25) is 5.91 Å². The van der Waals surface area contributed by atoms with Gasteiger partial charge in [-0.3, -0.25) is 19.8 Å². The minimum atomic E-state index is -0.948. The number of esters is 3. The molecule has 0 spiro atoms. The van der Waals surface area contributed by atoms with Crippen molar-refractivity contribution in [3.8, 4) is 0 Å². The van der Waals surface area contributed by atoms with E-state index < -0.39 is 54.2 Å². The summed E-state index contributed by atoms with van der Waals surface area (Å²) in [5.41, 5.74) is 2.15. The maximum atomic E-state index is 13.2. The van der Waals surface area contributed by atoms with E-state index in [2.05, 4.69) is 10.1 Å². The molecule has 3 aliphatic rings. The number of carboxylic acid groups (broad SMARTS) is 1. The molecule has 3 fully saturated rings. The number of ether oxygens (including phenoxy) is 3. The average Bonchev–Trinajstić information content (AvgIpc) is 3.85. The molecular weight excluding hydrogens is 694 g/mol. The van der Waals surface area contributed by atoms with Crippen molar-refractivity contribution < 1.29 is 48.1 Å². The number of carbonyl (C=O) groups is 6. The highest BCUT2D eigenvalue weighted by molar-refractivity contribution is 5.97. The summed E-state index contributed by atoms with van der Waals surface area (Å²) in [7, 11) is 0. The Hall–Kier alpha value is -4.78. The Morgan fingerprint density at radius 1 is 0.870 bits per heavy atom. The minimum Gasteiger partial charge on any atom is -0.480 e. The Morgan fingerprint density at radius 2 is 1.43 bits per heavy atom. The molecule has 2 aromatic rings. The normalized spacial score (nSPS) is 21.7. The second-order valence-corrected chi connectivity index (χ2v) is 13.4. The number of aliphatic carboxylic acids is 1. The van der Waals surface area contributed by atoms with Gasteiger partial charge in [0.05, 0.1) is 19.3 Å². The first-order chi connectivity index (χ1) is 26.0. The zero-order chi connectivity index (χ0) is 39.8. The van der Waals surface area contributed by atoms with E-state index in [1.807, 2.05) is 74.5 Å². The monoisotopic (exact) mass is 751 g/mol. The maximum absolute atomic E-state index is 13.2. The number of nitrogens with one attached hydrogen (secondary N) is 1. The van der Waals surface area contributed by atoms with Crippen LogP contribution < -0.4 is 5.32 Å². The number of carbonyl (C=O) groups excluding carboxylic acids is 5. The van der Waals surface area contributed by atoms with Gasteiger partial charge < -0.3 is 24.2 Å². The van der Waals surface area contributed by atoms with Crippen LogP contribution >= 0.6 is 0 Å². The second-order valence-electron chi connectivity index (χ2n) is 13.4. The number of fused-ring (bicyclic) bond motifs is 1. The molecule has 13 heteroatoms. The molecule has 0 bridgehead atoms. The second kappa shape index (κ2) is 21.8. The summed E-state index contributed by atoms with van der Waals surface area (Å²) in [5, 5.41) is 12.8. The number of likely N-dealkylation sites (tertiary alicyclic amines) is 1. The predicted molar refractivity (Wildman–Crippen MR) is 201 cm³/mol. The Kier molecular flexibility index (Phi) is 17.6. The van der Waals surface area contributed by atoms with Crippen LogP contribution in [-0.4, -0.2) is 100 Å². The van der Waals surface area contributed by atoms with Crippen LogP contribution in [0.2, 0.25) is 0 Å². The molecule has 5 rings (SSSR count). The zero-order valence-corrected chi connectivity index (χ0v) is 32.4. The SMILES string of the molecule is CC.CCOC(=O)C(CCc1ccccc1)N1C(=O)OC(=O)C1C.CCOC(=O)C(CCc1ccccc1)NC(C)C(=O)N1C(C(=O)O)C[C@@H]2CCC[C@@H]21. The third-order valence-corrected chi connectivity index (χ3v) is 9.94. The van der Waals surface area contributed by atoms with Crippen molar-refractivity contribution in [2.45, 2.75) is 129 Å². The van der Waals surface area contributed by atoms with Crippen LogP contribution in [0.4, 0.5) is 4.79 Å². The molecular formula is C41H57N3O10. The lowest BCUT2D eigenvalue weighted by molar-refractivity contribution is -0.151. The van der Waals surface area contributed by atoms with Gasteiger partial charge in [-0.2, -0.15) is 0 Å². The number of aryl methyl sites for hydroxylation is 2. The van der Waals surface area contributed by atoms with Crippen molar-refractivity contribution in [3.05, 3.63) is 71.8 Å². The van der Waals surface area contributed by atoms with Crippen LogP contribution in [0.1, 0.15) is 91.2 Å². The number of amides is 2. The number of benzene rings is 2. The summed E-state index contributed by atoms with van der Waals surface area (Å²) in [5.74, 6) is -2.47. The van der Waals surface area contributed by atoms with E-state index >= 15 is 0 Å². The summed E-state index contributed by atoms with van der Waals surface area (Å²) in [4.78, 5) is 75.7. The van der Waals surface area contributed by atoms with Gasteiger partial charge in [0, 0.05) is 6.04 Å². The van der Waals surface area contributed by atoms with Crippen LogP contribution in [0.25, 0.3) is 0 Å². The van der Waals surface area contributed by atoms with Crippen molar-refractivity contribution in [2.75, 3.05) is 13.2 Å². The van der Waals surface area contributed by atoms with Crippen molar-refractivity contribution in [1.29, 1.82) is 0 Å². The predicted octanol–water partition coefficient (Wildman–Crippen LogP) is 5.33. The molecule has 2 aliphatic heterocycles. The van der Waals surface area contributed by atoms with E-state index in [1.165, 1.54) is 4.90 Å². The fraction of sp³-hybridized carbons (Fsp3) is 0.561. The first-order valence-electron chi connectivity index (χ1n) is 19.2. The molecule has 54 heavy (non-hydrogen) atoms. The molecule has 2 aromatic carbocycles. The van der Waals surface area contributed by atoms with Crippen LogP contribution in [-0.2, 0) is 51.0 Å². The van der Waals surface area contributed by atoms with Crippen LogP contribution in [0.3, 0.4) is 0 Å². The van der Waals surface area contributed by atoms with E-state index in [0.29, 0.717) is 32.1 Å². The Labute approximate surface area is 318 Å². The van der Waals surface area contributed by atoms with E-state index in [0.717, 1.165) is 30.4 Å². The summed E-state index contributed by atoms with van der Waals surface area (Å²) < 4.78 is 14.8. The number of hydrogen-bond donors (Lipinski definition) is 2. The number of cyclic esters (lactones) is 2. The van der Waals surface area contributed by atoms with Crippen molar-refractivity contribution in [1.82, 2.24) is 15.1 Å². The molecule has 2 amide bonds. The molecule has 13 nitrogen and oxygen atoms in total. The molecule has 2 N–H and O–H groups in total. The lowest BCUT2D eigenvalue weighted by atomic mass is 10.0. The van der Waals surface area contributed by atoms with Gasteiger partial charge in [0.25, 0.3) is 0 Å². The minimum absolute atomic E-state index is 0.00629. The summed E-state index contributed by atoms with van der Waals surface area (Å²) >= 11 is 0. The molecule has 5 unspecified atom stereocenters. The Bertz CT molecular complexity index is 1540. The van der Waals surface area contributed by atoms with E-state index in [1.54, 1.807) is 32.6 Å². The molecule has 296 valence electrons. The lowest BCUT2D eigenvalue weighted by Crippen LogP contribution is -2.55. The Morgan fingerprint density at radius 3 is 1.94 bits per heavy atom. The molecule has 1 saturated carbocycles. The topological polar surface area (TPSA) is 169 Å². The van der Waals surface area contributed by atoms with Gasteiger partial charge in [-0.15, -0.1) is 0 Å². The van der Waals surface area contributed by atoms with E-state index in [-0.39, 0.29) is 37.0 Å². The number of rotatable bonds is 15. The van der Waals surface area contributed by atoms with Gasteiger partial charge in [-0.05, 0) is 89.7 Å². The van der Waals surface area contributed by atoms with Gasteiger partial charge in [0.1, 0.15) is 24.2 Å². The maximum Gasteiger partial charge on any atom is 0.419 e. The molecule has 7 atom stereocenters.